The maximum atomic E-state index is 12.2. The molecule has 20 heavy (non-hydrogen) atoms. The predicted molar refractivity (Wildman–Crippen MR) is 77.4 cm³/mol. The van der Waals surface area contributed by atoms with Crippen LogP contribution in [0.1, 0.15) is 25.0 Å². The largest absolute Gasteiger partial charge is 0.444 e. The zero-order chi connectivity index (χ0) is 14.6. The first-order valence-corrected chi connectivity index (χ1v) is 8.15. The molecular formula is C14H18N2O3S. The van der Waals surface area contributed by atoms with Crippen LogP contribution in [0.15, 0.2) is 39.8 Å². The molecule has 0 aliphatic rings. The molecule has 5 nitrogen and oxygen atoms in total. The first-order chi connectivity index (χ1) is 9.53. The van der Waals surface area contributed by atoms with Crippen LogP contribution in [0.2, 0.25) is 0 Å². The van der Waals surface area contributed by atoms with Gasteiger partial charge in [-0.05, 0) is 25.5 Å². The van der Waals surface area contributed by atoms with Crippen LogP contribution < -0.4 is 5.32 Å². The van der Waals surface area contributed by atoms with Crippen molar-refractivity contribution in [2.75, 3.05) is 11.1 Å². The Morgan fingerprint density at radius 3 is 2.70 bits per heavy atom. The Labute approximate surface area is 119 Å². The summed E-state index contributed by atoms with van der Waals surface area (Å²) in [6, 6.07) is 6.89. The third kappa shape index (κ3) is 3.39. The number of hydrogen-bond acceptors (Lipinski definition) is 5. The van der Waals surface area contributed by atoms with Crippen molar-refractivity contribution in [2.45, 2.75) is 31.7 Å². The summed E-state index contributed by atoms with van der Waals surface area (Å²) in [5.74, 6) is 1.41. The average Bonchev–Trinajstić information content (AvgIpc) is 2.82. The number of aryl methyl sites for hydroxylation is 1. The molecule has 2 rings (SSSR count). The summed E-state index contributed by atoms with van der Waals surface area (Å²) in [6.07, 6.45) is 2.23. The lowest BCUT2D eigenvalue weighted by molar-refractivity contribution is 0.479. The highest BCUT2D eigenvalue weighted by atomic mass is 32.2. The first-order valence-electron chi connectivity index (χ1n) is 6.50. The van der Waals surface area contributed by atoms with Crippen molar-refractivity contribution >= 4 is 15.5 Å². The fourth-order valence-electron chi connectivity index (χ4n) is 1.92. The van der Waals surface area contributed by atoms with Crippen LogP contribution >= 0.6 is 0 Å². The quantitative estimate of drug-likeness (QED) is 0.887. The lowest BCUT2D eigenvalue weighted by Gasteiger charge is -2.11. The van der Waals surface area contributed by atoms with Crippen molar-refractivity contribution in [2.24, 2.45) is 0 Å². The maximum Gasteiger partial charge on any atom is 0.213 e. The van der Waals surface area contributed by atoms with Gasteiger partial charge in [0.15, 0.2) is 9.84 Å². The lowest BCUT2D eigenvalue weighted by atomic mass is 10.3. The van der Waals surface area contributed by atoms with Crippen LogP contribution in [0, 0.1) is 6.92 Å². The molecular weight excluding hydrogens is 276 g/mol. The molecule has 1 N–H and O–H groups in total. The zero-order valence-electron chi connectivity index (χ0n) is 11.6. The molecule has 0 unspecified atom stereocenters. The molecule has 0 saturated heterocycles. The second-order valence-electron chi connectivity index (χ2n) is 4.53. The van der Waals surface area contributed by atoms with Gasteiger partial charge in [-0.1, -0.05) is 19.1 Å². The van der Waals surface area contributed by atoms with E-state index in [4.69, 9.17) is 4.42 Å². The van der Waals surface area contributed by atoms with Crippen LogP contribution in [0.25, 0.3) is 0 Å². The molecule has 0 radical (unpaired) electrons. The topological polar surface area (TPSA) is 72.2 Å². The van der Waals surface area contributed by atoms with Crippen molar-refractivity contribution in [3.8, 4) is 0 Å². The van der Waals surface area contributed by atoms with Gasteiger partial charge >= 0.3 is 0 Å². The van der Waals surface area contributed by atoms with E-state index in [-0.39, 0.29) is 5.75 Å². The molecule has 1 aromatic carbocycles. The van der Waals surface area contributed by atoms with Crippen LogP contribution in [-0.4, -0.2) is 19.2 Å². The van der Waals surface area contributed by atoms with E-state index in [0.717, 1.165) is 5.76 Å². The summed E-state index contributed by atoms with van der Waals surface area (Å²) >= 11 is 0. The number of hydrogen-bond donors (Lipinski definition) is 1. The van der Waals surface area contributed by atoms with Gasteiger partial charge in [-0.25, -0.2) is 13.4 Å². The summed E-state index contributed by atoms with van der Waals surface area (Å²) in [4.78, 5) is 4.40. The zero-order valence-corrected chi connectivity index (χ0v) is 12.4. The highest BCUT2D eigenvalue weighted by Crippen LogP contribution is 2.23. The smallest absolute Gasteiger partial charge is 0.213 e. The van der Waals surface area contributed by atoms with E-state index in [2.05, 4.69) is 10.3 Å². The fraction of sp³-hybridized carbons (Fsp3) is 0.357. The number of oxazole rings is 1. The summed E-state index contributed by atoms with van der Waals surface area (Å²) in [7, 11) is -3.25. The third-order valence-corrected chi connectivity index (χ3v) is 4.77. The minimum Gasteiger partial charge on any atom is -0.444 e. The van der Waals surface area contributed by atoms with Crippen LogP contribution in [0.5, 0.6) is 0 Å². The van der Waals surface area contributed by atoms with Gasteiger partial charge in [0.2, 0.25) is 5.89 Å². The van der Waals surface area contributed by atoms with Gasteiger partial charge in [-0.15, -0.1) is 0 Å². The van der Waals surface area contributed by atoms with Crippen molar-refractivity contribution < 1.29 is 12.8 Å². The van der Waals surface area contributed by atoms with E-state index in [0.29, 0.717) is 29.4 Å². The van der Waals surface area contributed by atoms with Gasteiger partial charge in [0.1, 0.15) is 5.76 Å². The minimum atomic E-state index is -3.25. The second kappa shape index (κ2) is 6.09. The van der Waals surface area contributed by atoms with Crippen molar-refractivity contribution in [1.29, 1.82) is 0 Å². The number of para-hydroxylation sites is 1. The molecule has 1 aromatic heterocycles. The lowest BCUT2D eigenvalue weighted by Crippen LogP contribution is -2.10. The monoisotopic (exact) mass is 294 g/mol. The number of benzene rings is 1. The van der Waals surface area contributed by atoms with Crippen LogP contribution in [0.3, 0.4) is 0 Å². The van der Waals surface area contributed by atoms with Crippen molar-refractivity contribution in [3.05, 3.63) is 42.1 Å². The Bertz CT molecular complexity index is 677. The molecule has 6 heteroatoms. The van der Waals surface area contributed by atoms with Crippen LogP contribution in [0.4, 0.5) is 5.69 Å². The molecule has 2 aromatic rings. The minimum absolute atomic E-state index is 0.143. The summed E-state index contributed by atoms with van der Waals surface area (Å²) in [5, 5.41) is 3.07. The molecule has 0 bridgehead atoms. The number of sulfone groups is 1. The van der Waals surface area contributed by atoms with E-state index in [1.54, 1.807) is 30.5 Å². The standard InChI is InChI=1S/C14H18N2O3S/c1-3-8-20(17,18)13-7-5-4-6-12(13)15-10-14-16-9-11(2)19-14/h4-7,9,15H,3,8,10H2,1-2H3. The average molecular weight is 294 g/mol. The van der Waals surface area contributed by atoms with Gasteiger partial charge in [0.05, 0.1) is 29.1 Å². The highest BCUT2D eigenvalue weighted by Gasteiger charge is 2.17. The molecule has 0 fully saturated rings. The highest BCUT2D eigenvalue weighted by molar-refractivity contribution is 7.91. The molecule has 0 amide bonds. The Hall–Kier alpha value is -1.82. The summed E-state index contributed by atoms with van der Waals surface area (Å²) in [5.41, 5.74) is 0.580. The molecule has 0 aliphatic heterocycles. The van der Waals surface area contributed by atoms with Crippen molar-refractivity contribution in [3.63, 3.8) is 0 Å². The maximum absolute atomic E-state index is 12.2. The van der Waals surface area contributed by atoms with E-state index < -0.39 is 9.84 Å². The number of anilines is 1. The number of nitrogens with one attached hydrogen (secondary N) is 1. The molecule has 0 saturated carbocycles. The predicted octanol–water partition coefficient (Wildman–Crippen LogP) is 2.78. The number of aromatic nitrogens is 1. The van der Waals surface area contributed by atoms with E-state index in [1.807, 2.05) is 13.8 Å². The summed E-state index contributed by atoms with van der Waals surface area (Å²) in [6.45, 7) is 4.02. The SMILES string of the molecule is CCCS(=O)(=O)c1ccccc1NCc1ncc(C)o1. The third-order valence-electron chi connectivity index (χ3n) is 2.79. The molecule has 0 spiro atoms. The van der Waals surface area contributed by atoms with E-state index in [1.165, 1.54) is 0 Å². The summed E-state index contributed by atoms with van der Waals surface area (Å²) < 4.78 is 29.7. The fourth-order valence-corrected chi connectivity index (χ4v) is 3.44. The van der Waals surface area contributed by atoms with Crippen molar-refractivity contribution in [1.82, 2.24) is 4.98 Å². The number of nitrogens with zero attached hydrogens (tertiary/aromatic N) is 1. The molecule has 0 aliphatic carbocycles. The van der Waals surface area contributed by atoms with E-state index >= 15 is 0 Å². The van der Waals surface area contributed by atoms with Gasteiger partial charge in [-0.3, -0.25) is 0 Å². The first kappa shape index (κ1) is 14.6. The Balaban J connectivity index is 2.20. The Morgan fingerprint density at radius 1 is 1.30 bits per heavy atom. The Kier molecular flexibility index (Phi) is 4.44. The van der Waals surface area contributed by atoms with Crippen LogP contribution in [-0.2, 0) is 16.4 Å². The molecule has 108 valence electrons. The Morgan fingerprint density at radius 2 is 2.05 bits per heavy atom. The molecule has 1 heterocycles. The van der Waals surface area contributed by atoms with Gasteiger partial charge in [0.25, 0.3) is 0 Å². The van der Waals surface area contributed by atoms with Gasteiger partial charge in [0, 0.05) is 0 Å². The van der Waals surface area contributed by atoms with E-state index in [9.17, 15) is 8.42 Å². The van der Waals surface area contributed by atoms with Gasteiger partial charge in [-0.2, -0.15) is 0 Å². The second-order valence-corrected chi connectivity index (χ2v) is 6.61. The number of rotatable bonds is 6. The molecule has 0 atom stereocenters. The normalized spacial score (nSPS) is 11.5. The van der Waals surface area contributed by atoms with Gasteiger partial charge < -0.3 is 9.73 Å².